The Balaban J connectivity index is 2.11. The van der Waals surface area contributed by atoms with Crippen molar-refractivity contribution in [1.29, 1.82) is 0 Å². The largest absolute Gasteiger partial charge is 0.383 e. The molecule has 1 saturated heterocycles. The molecular weight excluding hydrogens is 222 g/mol. The van der Waals surface area contributed by atoms with Crippen LogP contribution in [0.5, 0.6) is 0 Å². The molecule has 1 aliphatic heterocycles. The third-order valence-electron chi connectivity index (χ3n) is 2.67. The highest BCUT2D eigenvalue weighted by Crippen LogP contribution is 2.20. The number of rotatable bonds is 3. The SMILES string of the molecule is Nc1cc([N+](=O)[O-])cc(NN2CCCCC2)n1. The lowest BCUT2D eigenvalue weighted by atomic mass is 10.2. The molecule has 0 aromatic carbocycles. The van der Waals surface area contributed by atoms with Gasteiger partial charge in [-0.05, 0) is 12.8 Å². The van der Waals surface area contributed by atoms with E-state index in [0.717, 1.165) is 25.9 Å². The molecule has 2 heterocycles. The van der Waals surface area contributed by atoms with Gasteiger partial charge in [0.05, 0.1) is 17.1 Å². The Kier molecular flexibility index (Phi) is 3.38. The Hall–Kier alpha value is -1.89. The van der Waals surface area contributed by atoms with Crippen LogP contribution < -0.4 is 11.2 Å². The Morgan fingerprint density at radius 3 is 2.71 bits per heavy atom. The topological polar surface area (TPSA) is 97.3 Å². The fourth-order valence-corrected chi connectivity index (χ4v) is 1.87. The van der Waals surface area contributed by atoms with Gasteiger partial charge in [0.25, 0.3) is 5.69 Å². The number of pyridine rings is 1. The number of piperidine rings is 1. The lowest BCUT2D eigenvalue weighted by molar-refractivity contribution is -0.384. The highest BCUT2D eigenvalue weighted by Gasteiger charge is 2.13. The van der Waals surface area contributed by atoms with Gasteiger partial charge >= 0.3 is 0 Å². The van der Waals surface area contributed by atoms with Crippen molar-refractivity contribution in [2.75, 3.05) is 24.2 Å². The molecule has 7 nitrogen and oxygen atoms in total. The second kappa shape index (κ2) is 4.96. The molecule has 1 fully saturated rings. The fraction of sp³-hybridized carbons (Fsp3) is 0.500. The van der Waals surface area contributed by atoms with Gasteiger partial charge in [-0.25, -0.2) is 9.99 Å². The minimum atomic E-state index is -0.473. The molecule has 0 amide bonds. The van der Waals surface area contributed by atoms with Gasteiger partial charge < -0.3 is 11.2 Å². The zero-order chi connectivity index (χ0) is 12.3. The van der Waals surface area contributed by atoms with Gasteiger partial charge in [0.2, 0.25) is 0 Å². The van der Waals surface area contributed by atoms with Crippen LogP contribution in [0.4, 0.5) is 17.3 Å². The number of nitrogens with two attached hydrogens (primary N) is 1. The molecule has 0 bridgehead atoms. The van der Waals surface area contributed by atoms with Gasteiger partial charge in [-0.15, -0.1) is 0 Å². The van der Waals surface area contributed by atoms with Crippen LogP contribution >= 0.6 is 0 Å². The second-order valence-electron chi connectivity index (χ2n) is 4.05. The zero-order valence-electron chi connectivity index (χ0n) is 9.43. The molecule has 1 aliphatic rings. The van der Waals surface area contributed by atoms with Gasteiger partial charge in [0.1, 0.15) is 11.6 Å². The van der Waals surface area contributed by atoms with Gasteiger partial charge in [0.15, 0.2) is 0 Å². The van der Waals surface area contributed by atoms with Crippen molar-refractivity contribution in [3.63, 3.8) is 0 Å². The minimum absolute atomic E-state index is 0.0444. The molecule has 2 rings (SSSR count). The van der Waals surface area contributed by atoms with Crippen LogP contribution in [0.25, 0.3) is 0 Å². The summed E-state index contributed by atoms with van der Waals surface area (Å²) in [6.45, 7) is 1.84. The normalized spacial score (nSPS) is 16.7. The van der Waals surface area contributed by atoms with E-state index in [1.165, 1.54) is 18.6 Å². The smallest absolute Gasteiger partial charge is 0.276 e. The maximum Gasteiger partial charge on any atom is 0.276 e. The highest BCUT2D eigenvalue weighted by molar-refractivity contribution is 5.52. The van der Waals surface area contributed by atoms with Crippen molar-refractivity contribution < 1.29 is 4.92 Å². The maximum absolute atomic E-state index is 10.7. The number of hydrogen-bond donors (Lipinski definition) is 2. The molecule has 0 radical (unpaired) electrons. The van der Waals surface area contributed by atoms with E-state index in [9.17, 15) is 10.1 Å². The van der Waals surface area contributed by atoms with Gasteiger partial charge in [-0.1, -0.05) is 6.42 Å². The molecule has 0 atom stereocenters. The summed E-state index contributed by atoms with van der Waals surface area (Å²) >= 11 is 0. The Morgan fingerprint density at radius 2 is 2.06 bits per heavy atom. The molecule has 1 aromatic rings. The van der Waals surface area contributed by atoms with Crippen LogP contribution in [0, 0.1) is 10.1 Å². The lowest BCUT2D eigenvalue weighted by Gasteiger charge is -2.27. The maximum atomic E-state index is 10.7. The quantitative estimate of drug-likeness (QED) is 0.609. The monoisotopic (exact) mass is 237 g/mol. The zero-order valence-corrected chi connectivity index (χ0v) is 9.43. The van der Waals surface area contributed by atoms with E-state index >= 15 is 0 Å². The summed E-state index contributed by atoms with van der Waals surface area (Å²) in [5.74, 6) is 0.581. The van der Waals surface area contributed by atoms with E-state index in [1.54, 1.807) is 0 Å². The fourth-order valence-electron chi connectivity index (χ4n) is 1.87. The first kappa shape index (κ1) is 11.6. The first-order valence-corrected chi connectivity index (χ1v) is 5.59. The van der Waals surface area contributed by atoms with E-state index < -0.39 is 4.92 Å². The predicted molar refractivity (Wildman–Crippen MR) is 64.4 cm³/mol. The third kappa shape index (κ3) is 3.04. The average Bonchev–Trinajstić information content (AvgIpc) is 2.29. The molecule has 17 heavy (non-hydrogen) atoms. The van der Waals surface area contributed by atoms with Crippen molar-refractivity contribution in [3.05, 3.63) is 22.2 Å². The Morgan fingerprint density at radius 1 is 1.35 bits per heavy atom. The van der Waals surface area contributed by atoms with Crippen LogP contribution in [0.1, 0.15) is 19.3 Å². The number of anilines is 2. The summed E-state index contributed by atoms with van der Waals surface area (Å²) in [7, 11) is 0. The predicted octanol–water partition coefficient (Wildman–Crippen LogP) is 1.38. The van der Waals surface area contributed by atoms with Gasteiger partial charge in [0, 0.05) is 13.1 Å². The molecule has 3 N–H and O–H groups in total. The molecule has 0 unspecified atom stereocenters. The number of nitrogens with zero attached hydrogens (tertiary/aromatic N) is 3. The second-order valence-corrected chi connectivity index (χ2v) is 4.05. The average molecular weight is 237 g/mol. The number of nitrogens with one attached hydrogen (secondary N) is 1. The van der Waals surface area contributed by atoms with Crippen LogP contribution in [0.3, 0.4) is 0 Å². The van der Waals surface area contributed by atoms with E-state index in [0.29, 0.717) is 5.82 Å². The number of hydrazine groups is 1. The van der Waals surface area contributed by atoms with Crippen LogP contribution in [-0.2, 0) is 0 Å². The van der Waals surface area contributed by atoms with E-state index in [4.69, 9.17) is 5.73 Å². The Bertz CT molecular complexity index is 417. The first-order valence-electron chi connectivity index (χ1n) is 5.59. The molecule has 1 aromatic heterocycles. The van der Waals surface area contributed by atoms with E-state index in [-0.39, 0.29) is 11.5 Å². The molecule has 0 saturated carbocycles. The minimum Gasteiger partial charge on any atom is -0.383 e. The summed E-state index contributed by atoms with van der Waals surface area (Å²) in [5, 5.41) is 12.7. The molecule has 7 heteroatoms. The number of nitrogen functional groups attached to an aromatic ring is 1. The summed E-state index contributed by atoms with van der Waals surface area (Å²) in [5.41, 5.74) is 8.54. The first-order chi connectivity index (χ1) is 8.15. The summed E-state index contributed by atoms with van der Waals surface area (Å²) in [6.07, 6.45) is 3.47. The van der Waals surface area contributed by atoms with Gasteiger partial charge in [-0.2, -0.15) is 0 Å². The molecule has 0 aliphatic carbocycles. The standard InChI is InChI=1S/C10H15N5O2/c11-9-6-8(15(16)17)7-10(12-9)13-14-4-2-1-3-5-14/h6-7H,1-5H2,(H3,11,12,13). The van der Waals surface area contributed by atoms with E-state index in [2.05, 4.69) is 10.4 Å². The molecule has 0 spiro atoms. The highest BCUT2D eigenvalue weighted by atomic mass is 16.6. The summed E-state index contributed by atoms with van der Waals surface area (Å²) in [4.78, 5) is 14.2. The van der Waals surface area contributed by atoms with E-state index in [1.807, 2.05) is 5.01 Å². The van der Waals surface area contributed by atoms with Crippen molar-refractivity contribution >= 4 is 17.3 Å². The van der Waals surface area contributed by atoms with Crippen LogP contribution in [0.2, 0.25) is 0 Å². The summed E-state index contributed by atoms with van der Waals surface area (Å²) in [6, 6.07) is 2.65. The van der Waals surface area contributed by atoms with Crippen LogP contribution in [0.15, 0.2) is 12.1 Å². The summed E-state index contributed by atoms with van der Waals surface area (Å²) < 4.78 is 0. The van der Waals surface area contributed by atoms with Gasteiger partial charge in [-0.3, -0.25) is 10.1 Å². The van der Waals surface area contributed by atoms with Crippen molar-refractivity contribution in [2.24, 2.45) is 0 Å². The number of hydrogen-bond acceptors (Lipinski definition) is 6. The van der Waals surface area contributed by atoms with Crippen molar-refractivity contribution in [1.82, 2.24) is 9.99 Å². The lowest BCUT2D eigenvalue weighted by Crippen LogP contribution is -2.35. The third-order valence-corrected chi connectivity index (χ3v) is 2.67. The Labute approximate surface area is 98.7 Å². The molecular formula is C10H15N5O2. The number of aromatic nitrogens is 1. The van der Waals surface area contributed by atoms with Crippen molar-refractivity contribution in [3.8, 4) is 0 Å². The molecule has 92 valence electrons. The number of nitro groups is 1. The van der Waals surface area contributed by atoms with Crippen molar-refractivity contribution in [2.45, 2.75) is 19.3 Å². The van der Waals surface area contributed by atoms with Crippen LogP contribution in [-0.4, -0.2) is 28.0 Å².